The molecule has 0 saturated heterocycles. The van der Waals surface area contributed by atoms with E-state index in [2.05, 4.69) is 29.9 Å². The van der Waals surface area contributed by atoms with Crippen molar-refractivity contribution in [2.75, 3.05) is 0 Å². The summed E-state index contributed by atoms with van der Waals surface area (Å²) in [5.74, 6) is 1.47. The summed E-state index contributed by atoms with van der Waals surface area (Å²) >= 11 is 0. The molecule has 1 saturated carbocycles. The fourth-order valence-corrected chi connectivity index (χ4v) is 3.36. The molecule has 0 amide bonds. The van der Waals surface area contributed by atoms with Crippen LogP contribution in [-0.4, -0.2) is 16.1 Å². The maximum atomic E-state index is 6.19. The summed E-state index contributed by atoms with van der Waals surface area (Å²) in [4.78, 5) is 8.63. The fraction of sp³-hybridized carbons (Fsp3) is 0.474. The van der Waals surface area contributed by atoms with E-state index in [-0.39, 0.29) is 6.10 Å². The van der Waals surface area contributed by atoms with Crippen LogP contribution in [0.5, 0.6) is 5.88 Å². The first-order valence-electron chi connectivity index (χ1n) is 8.31. The Hall–Kier alpha value is -1.90. The van der Waals surface area contributed by atoms with E-state index in [1.54, 1.807) is 11.9 Å². The van der Waals surface area contributed by atoms with Gasteiger partial charge in [0.05, 0.1) is 10.9 Å². The second-order valence-electron chi connectivity index (χ2n) is 6.14. The lowest BCUT2D eigenvalue weighted by Crippen LogP contribution is -2.25. The summed E-state index contributed by atoms with van der Waals surface area (Å²) in [5.41, 5.74) is 2.50. The number of fused-ring (bicyclic) bond motifs is 1. The minimum absolute atomic E-state index is 0.281. The Morgan fingerprint density at radius 2 is 1.95 bits per heavy atom. The highest BCUT2D eigenvalue weighted by atomic mass is 16.5. The number of nitrogens with zero attached hydrogens (tertiary/aromatic N) is 2. The number of aromatic nitrogens is 2. The lowest BCUT2D eigenvalue weighted by Gasteiger charge is -2.29. The smallest absolute Gasteiger partial charge is 0.224 e. The molecule has 0 bridgehead atoms. The fourth-order valence-electron chi connectivity index (χ4n) is 3.36. The molecule has 1 aromatic heterocycles. The van der Waals surface area contributed by atoms with Crippen molar-refractivity contribution in [2.24, 2.45) is 5.92 Å². The Morgan fingerprint density at radius 1 is 1.18 bits per heavy atom. The molecule has 1 fully saturated rings. The van der Waals surface area contributed by atoms with Crippen molar-refractivity contribution in [3.8, 4) is 5.88 Å². The van der Waals surface area contributed by atoms with Crippen molar-refractivity contribution in [1.29, 1.82) is 0 Å². The van der Waals surface area contributed by atoms with Crippen LogP contribution in [0.4, 0.5) is 0 Å². The molecule has 3 nitrogen and oxygen atoms in total. The van der Waals surface area contributed by atoms with Crippen molar-refractivity contribution in [3.63, 3.8) is 0 Å². The van der Waals surface area contributed by atoms with Crippen molar-refractivity contribution < 1.29 is 4.74 Å². The predicted molar refractivity (Wildman–Crippen MR) is 90.0 cm³/mol. The Morgan fingerprint density at radius 3 is 2.73 bits per heavy atom. The van der Waals surface area contributed by atoms with E-state index >= 15 is 0 Å². The van der Waals surface area contributed by atoms with Crippen molar-refractivity contribution in [2.45, 2.75) is 52.1 Å². The van der Waals surface area contributed by atoms with Crippen LogP contribution in [0.1, 0.15) is 46.0 Å². The van der Waals surface area contributed by atoms with Gasteiger partial charge in [0.2, 0.25) is 5.88 Å². The standard InChI is InChI=1S/C19H24N2O/c1-3-6-14(2)15-9-11-16(12-10-15)22-19-17-7-4-5-8-18(17)20-13-21-19/h4-8,13,15-16H,3,9-12H2,1-2H3. The molecule has 0 radical (unpaired) electrons. The average Bonchev–Trinajstić information content (AvgIpc) is 2.56. The SMILES string of the molecule is CCC=C(C)C1CCC(Oc2ncnc3ccccc23)CC1. The van der Waals surface area contributed by atoms with E-state index in [1.807, 2.05) is 24.3 Å². The van der Waals surface area contributed by atoms with Crippen LogP contribution in [0.2, 0.25) is 0 Å². The first-order valence-corrected chi connectivity index (χ1v) is 8.31. The Bertz CT molecular complexity index is 652. The summed E-state index contributed by atoms with van der Waals surface area (Å²) in [6, 6.07) is 8.03. The van der Waals surface area contributed by atoms with Gasteiger partial charge in [-0.05, 0) is 57.1 Å². The minimum atomic E-state index is 0.281. The van der Waals surface area contributed by atoms with Crippen LogP contribution in [0, 0.1) is 5.92 Å². The molecular weight excluding hydrogens is 272 g/mol. The Kier molecular flexibility index (Phi) is 4.71. The zero-order valence-corrected chi connectivity index (χ0v) is 13.5. The van der Waals surface area contributed by atoms with Crippen LogP contribution in [0.25, 0.3) is 10.9 Å². The van der Waals surface area contributed by atoms with Gasteiger partial charge in [0.1, 0.15) is 12.4 Å². The van der Waals surface area contributed by atoms with Gasteiger partial charge in [-0.2, -0.15) is 0 Å². The summed E-state index contributed by atoms with van der Waals surface area (Å²) in [7, 11) is 0. The molecule has 3 heteroatoms. The third-order valence-corrected chi connectivity index (χ3v) is 4.63. The van der Waals surface area contributed by atoms with E-state index in [9.17, 15) is 0 Å². The normalized spacial score (nSPS) is 22.7. The van der Waals surface area contributed by atoms with Crippen LogP contribution in [-0.2, 0) is 0 Å². The highest BCUT2D eigenvalue weighted by molar-refractivity contribution is 5.82. The number of rotatable bonds is 4. The molecule has 0 unspecified atom stereocenters. The molecule has 22 heavy (non-hydrogen) atoms. The molecular formula is C19H24N2O. The second-order valence-corrected chi connectivity index (χ2v) is 6.14. The summed E-state index contributed by atoms with van der Waals surface area (Å²) < 4.78 is 6.19. The number of benzene rings is 1. The molecule has 0 atom stereocenters. The maximum Gasteiger partial charge on any atom is 0.224 e. The second kappa shape index (κ2) is 6.91. The average molecular weight is 296 g/mol. The number of para-hydroxylation sites is 1. The lowest BCUT2D eigenvalue weighted by molar-refractivity contribution is 0.135. The van der Waals surface area contributed by atoms with E-state index in [0.29, 0.717) is 0 Å². The highest BCUT2D eigenvalue weighted by Crippen LogP contribution is 2.33. The molecule has 3 rings (SSSR count). The highest BCUT2D eigenvalue weighted by Gasteiger charge is 2.24. The van der Waals surface area contributed by atoms with Crippen molar-refractivity contribution in [1.82, 2.24) is 9.97 Å². The van der Waals surface area contributed by atoms with Gasteiger partial charge in [0.15, 0.2) is 0 Å². The molecule has 0 N–H and O–H groups in total. The van der Waals surface area contributed by atoms with Gasteiger partial charge < -0.3 is 4.74 Å². The van der Waals surface area contributed by atoms with Crippen LogP contribution >= 0.6 is 0 Å². The molecule has 2 aromatic rings. The third kappa shape index (κ3) is 3.29. The molecule has 1 aliphatic carbocycles. The quantitative estimate of drug-likeness (QED) is 0.751. The number of allylic oxidation sites excluding steroid dienone is 2. The Balaban J connectivity index is 1.66. The number of ether oxygens (including phenoxy) is 1. The summed E-state index contributed by atoms with van der Waals surface area (Å²) in [6.45, 7) is 4.48. The van der Waals surface area contributed by atoms with Crippen molar-refractivity contribution >= 4 is 10.9 Å². The Labute approximate surface area is 132 Å². The van der Waals surface area contributed by atoms with Gasteiger partial charge in [-0.3, -0.25) is 0 Å². The summed E-state index contributed by atoms with van der Waals surface area (Å²) in [6.07, 6.45) is 10.0. The van der Waals surface area contributed by atoms with Crippen LogP contribution in [0.15, 0.2) is 42.2 Å². The molecule has 0 spiro atoms. The molecule has 1 heterocycles. The number of hydrogen-bond donors (Lipinski definition) is 0. The van der Waals surface area contributed by atoms with E-state index in [0.717, 1.165) is 42.0 Å². The van der Waals surface area contributed by atoms with Gasteiger partial charge in [0.25, 0.3) is 0 Å². The zero-order chi connectivity index (χ0) is 15.4. The van der Waals surface area contributed by atoms with E-state index in [4.69, 9.17) is 4.74 Å². The zero-order valence-electron chi connectivity index (χ0n) is 13.5. The third-order valence-electron chi connectivity index (χ3n) is 4.63. The number of hydrogen-bond acceptors (Lipinski definition) is 3. The minimum Gasteiger partial charge on any atom is -0.474 e. The van der Waals surface area contributed by atoms with Crippen LogP contribution < -0.4 is 4.74 Å². The molecule has 116 valence electrons. The van der Waals surface area contributed by atoms with Crippen molar-refractivity contribution in [3.05, 3.63) is 42.2 Å². The van der Waals surface area contributed by atoms with Gasteiger partial charge in [-0.25, -0.2) is 9.97 Å². The topological polar surface area (TPSA) is 35.0 Å². The molecule has 0 aliphatic heterocycles. The lowest BCUT2D eigenvalue weighted by atomic mass is 9.82. The summed E-state index contributed by atoms with van der Waals surface area (Å²) in [5, 5.41) is 1.01. The maximum absolute atomic E-state index is 6.19. The first kappa shape index (κ1) is 15.0. The van der Waals surface area contributed by atoms with Gasteiger partial charge >= 0.3 is 0 Å². The van der Waals surface area contributed by atoms with Gasteiger partial charge in [-0.15, -0.1) is 0 Å². The van der Waals surface area contributed by atoms with Gasteiger partial charge in [-0.1, -0.05) is 30.7 Å². The van der Waals surface area contributed by atoms with Crippen LogP contribution in [0.3, 0.4) is 0 Å². The first-order chi connectivity index (χ1) is 10.8. The van der Waals surface area contributed by atoms with Gasteiger partial charge in [0, 0.05) is 0 Å². The van der Waals surface area contributed by atoms with E-state index < -0.39 is 0 Å². The van der Waals surface area contributed by atoms with E-state index in [1.165, 1.54) is 12.8 Å². The molecule has 1 aromatic carbocycles. The monoisotopic (exact) mass is 296 g/mol. The largest absolute Gasteiger partial charge is 0.474 e. The molecule has 1 aliphatic rings. The predicted octanol–water partition coefficient (Wildman–Crippen LogP) is 4.92.